The maximum Gasteiger partial charge on any atom is 0.416 e. The van der Waals surface area contributed by atoms with E-state index in [4.69, 9.17) is 4.74 Å². The second-order valence-corrected chi connectivity index (χ2v) is 11.9. The van der Waals surface area contributed by atoms with Crippen molar-refractivity contribution in [2.75, 3.05) is 24.6 Å². The number of hydrogen-bond acceptors (Lipinski definition) is 6. The van der Waals surface area contributed by atoms with Crippen LogP contribution >= 0.6 is 0 Å². The highest BCUT2D eigenvalue weighted by Gasteiger charge is 2.47. The van der Waals surface area contributed by atoms with E-state index in [1.54, 1.807) is 18.5 Å². The minimum absolute atomic E-state index is 0.0106. The molecule has 1 atom stereocenters. The predicted octanol–water partition coefficient (Wildman–Crippen LogP) is 5.02. The Balaban J connectivity index is 1.31. The largest absolute Gasteiger partial charge is 0.416 e. The molecule has 0 bridgehead atoms. The minimum atomic E-state index is -4.59. The van der Waals surface area contributed by atoms with Gasteiger partial charge in [-0.25, -0.2) is 0 Å². The Morgan fingerprint density at radius 3 is 2.71 bits per heavy atom. The number of hydrogen-bond donors (Lipinski definition) is 0. The first kappa shape index (κ1) is 28.4. The van der Waals surface area contributed by atoms with Gasteiger partial charge >= 0.3 is 6.18 Å². The van der Waals surface area contributed by atoms with Gasteiger partial charge < -0.3 is 14.2 Å². The molecule has 3 heterocycles. The van der Waals surface area contributed by atoms with E-state index in [0.29, 0.717) is 50.2 Å². The van der Waals surface area contributed by atoms with Gasteiger partial charge in [-0.05, 0) is 67.1 Å². The number of benzene rings is 2. The summed E-state index contributed by atoms with van der Waals surface area (Å²) in [6, 6.07) is 12.6. The molecule has 3 aliphatic rings. The van der Waals surface area contributed by atoms with Crippen LogP contribution in [0.3, 0.4) is 0 Å². The molecule has 11 heteroatoms. The molecular formula is C31H33F3N6O2. The molecular weight excluding hydrogens is 545 g/mol. The van der Waals surface area contributed by atoms with E-state index in [2.05, 4.69) is 21.2 Å². The average molecular weight is 579 g/mol. The summed E-state index contributed by atoms with van der Waals surface area (Å²) in [5.74, 6) is 0.258. The second-order valence-electron chi connectivity index (χ2n) is 11.9. The average Bonchev–Trinajstić information content (AvgIpc) is 3.42. The molecule has 8 nitrogen and oxygen atoms in total. The van der Waals surface area contributed by atoms with E-state index in [9.17, 15) is 23.2 Å². The summed E-state index contributed by atoms with van der Waals surface area (Å²) in [6.07, 6.45) is -0.210. The number of nitrogens with zero attached hydrogens (tertiary/aromatic N) is 6. The summed E-state index contributed by atoms with van der Waals surface area (Å²) in [7, 11) is 1.87. The van der Waals surface area contributed by atoms with Crippen molar-refractivity contribution in [2.24, 2.45) is 13.0 Å². The van der Waals surface area contributed by atoms with Crippen LogP contribution in [0.4, 0.5) is 18.9 Å². The Morgan fingerprint density at radius 2 is 2.00 bits per heavy atom. The number of alkyl halides is 3. The van der Waals surface area contributed by atoms with E-state index in [0.717, 1.165) is 24.4 Å². The summed E-state index contributed by atoms with van der Waals surface area (Å²) in [4.78, 5) is 17.2. The number of fused-ring (bicyclic) bond motifs is 1. The van der Waals surface area contributed by atoms with Gasteiger partial charge in [0, 0.05) is 55.7 Å². The first-order valence-electron chi connectivity index (χ1n) is 14.3. The molecule has 2 aromatic carbocycles. The molecule has 1 aromatic heterocycles. The highest BCUT2D eigenvalue weighted by molar-refractivity contribution is 6.10. The van der Waals surface area contributed by atoms with E-state index in [1.165, 1.54) is 11.0 Å². The Hall–Kier alpha value is -3.75. The van der Waals surface area contributed by atoms with Crippen molar-refractivity contribution in [3.05, 3.63) is 76.4 Å². The Morgan fingerprint density at radius 1 is 1.19 bits per heavy atom. The van der Waals surface area contributed by atoms with E-state index < -0.39 is 17.6 Å². The fourth-order valence-corrected chi connectivity index (χ4v) is 6.61. The Labute approximate surface area is 242 Å². The Kier molecular flexibility index (Phi) is 7.31. The van der Waals surface area contributed by atoms with Gasteiger partial charge in [0.15, 0.2) is 0 Å². The predicted molar refractivity (Wildman–Crippen MR) is 148 cm³/mol. The zero-order valence-electron chi connectivity index (χ0n) is 23.7. The maximum atomic E-state index is 14.3. The molecule has 220 valence electrons. The van der Waals surface area contributed by atoms with Crippen molar-refractivity contribution in [3.63, 3.8) is 0 Å². The fraction of sp³-hybridized carbons (Fsp3) is 0.484. The third kappa shape index (κ3) is 5.29. The summed E-state index contributed by atoms with van der Waals surface area (Å²) in [6.45, 7) is 4.02. The first-order valence-corrected chi connectivity index (χ1v) is 14.3. The summed E-state index contributed by atoms with van der Waals surface area (Å²) in [5, 5.41) is 17.7. The molecule has 0 radical (unpaired) electrons. The Bertz CT molecular complexity index is 1540. The molecule has 1 unspecified atom stereocenters. The van der Waals surface area contributed by atoms with Gasteiger partial charge in [-0.3, -0.25) is 9.69 Å². The van der Waals surface area contributed by atoms with Crippen LogP contribution in [0.15, 0.2) is 42.7 Å². The van der Waals surface area contributed by atoms with Gasteiger partial charge in [-0.2, -0.15) is 18.4 Å². The number of ether oxygens (including phenoxy) is 1. The molecule has 1 saturated carbocycles. The molecule has 0 N–H and O–H groups in total. The van der Waals surface area contributed by atoms with E-state index >= 15 is 0 Å². The van der Waals surface area contributed by atoms with Crippen LogP contribution < -0.4 is 4.90 Å². The van der Waals surface area contributed by atoms with Gasteiger partial charge in [0.2, 0.25) is 0 Å². The highest BCUT2D eigenvalue weighted by atomic mass is 19.4. The standard InChI is InChI=1S/C31H33F3N6O2/c1-20-6-7-39(8-9-42-20)17-21-10-25-26(27(11-21)31(32,33)34)18-40(29(25)41)24-5-3-4-23(12-24)30(13-22(14-30)16-35)15-28-37-36-19-38(28)2/h3-5,10-12,19-20,22H,6-9,13-15,17-18H2,1-2H3. The number of carbonyl (C=O) groups excluding carboxylic acids is 1. The molecule has 2 fully saturated rings. The lowest BCUT2D eigenvalue weighted by Gasteiger charge is -2.45. The highest BCUT2D eigenvalue weighted by Crippen LogP contribution is 2.50. The van der Waals surface area contributed by atoms with Crippen LogP contribution in [0.5, 0.6) is 0 Å². The molecule has 1 saturated heterocycles. The molecule has 1 aliphatic carbocycles. The summed E-state index contributed by atoms with van der Waals surface area (Å²) >= 11 is 0. The summed E-state index contributed by atoms with van der Waals surface area (Å²) < 4.78 is 50.5. The number of rotatable bonds is 6. The monoisotopic (exact) mass is 578 g/mol. The van der Waals surface area contributed by atoms with Crippen molar-refractivity contribution >= 4 is 11.6 Å². The smallest absolute Gasteiger partial charge is 0.377 e. The van der Waals surface area contributed by atoms with Gasteiger partial charge in [-0.15, -0.1) is 10.2 Å². The zero-order chi connectivity index (χ0) is 29.6. The lowest BCUT2D eigenvalue weighted by molar-refractivity contribution is -0.138. The van der Waals surface area contributed by atoms with Crippen LogP contribution in [0.25, 0.3) is 0 Å². The van der Waals surface area contributed by atoms with Crippen molar-refractivity contribution in [2.45, 2.75) is 63.4 Å². The number of aromatic nitrogens is 3. The van der Waals surface area contributed by atoms with Crippen molar-refractivity contribution in [3.8, 4) is 6.07 Å². The number of carbonyl (C=O) groups is 1. The second kappa shape index (κ2) is 10.8. The SMILES string of the molecule is CC1CCN(Cc2cc3c(c(C(F)(F)F)c2)CN(c2cccc(C4(Cc5nncn5C)CC(C#N)C4)c2)C3=O)CCO1. The number of nitriles is 1. The lowest BCUT2D eigenvalue weighted by atomic mass is 9.57. The third-order valence-corrected chi connectivity index (χ3v) is 9.00. The van der Waals surface area contributed by atoms with E-state index in [-0.39, 0.29) is 35.1 Å². The summed E-state index contributed by atoms with van der Waals surface area (Å²) in [5.41, 5.74) is 0.941. The first-order chi connectivity index (χ1) is 20.1. The van der Waals surface area contributed by atoms with Crippen LogP contribution in [0.1, 0.15) is 64.6 Å². The van der Waals surface area contributed by atoms with E-state index in [1.807, 2.05) is 36.7 Å². The number of aryl methyl sites for hydroxylation is 1. The molecule has 0 spiro atoms. The molecule has 3 aromatic rings. The van der Waals surface area contributed by atoms with Gasteiger partial charge in [0.1, 0.15) is 12.2 Å². The lowest BCUT2D eigenvalue weighted by Crippen LogP contribution is -2.43. The number of halogens is 3. The van der Waals surface area contributed by atoms with Crippen molar-refractivity contribution in [1.82, 2.24) is 19.7 Å². The van der Waals surface area contributed by atoms with Crippen LogP contribution in [0.2, 0.25) is 0 Å². The molecule has 6 rings (SSSR count). The number of anilines is 1. The molecule has 2 aliphatic heterocycles. The quantitative estimate of drug-likeness (QED) is 0.408. The van der Waals surface area contributed by atoms with Gasteiger partial charge in [0.25, 0.3) is 5.91 Å². The van der Waals surface area contributed by atoms with Crippen LogP contribution in [0, 0.1) is 17.2 Å². The van der Waals surface area contributed by atoms with Gasteiger partial charge in [-0.1, -0.05) is 12.1 Å². The van der Waals surface area contributed by atoms with Crippen molar-refractivity contribution < 1.29 is 22.7 Å². The maximum absolute atomic E-state index is 14.3. The van der Waals surface area contributed by atoms with Gasteiger partial charge in [0.05, 0.1) is 30.9 Å². The van der Waals surface area contributed by atoms with Crippen LogP contribution in [-0.2, 0) is 42.9 Å². The fourth-order valence-electron chi connectivity index (χ4n) is 6.61. The molecule has 42 heavy (non-hydrogen) atoms. The topological polar surface area (TPSA) is 87.3 Å². The molecule has 1 amide bonds. The minimum Gasteiger partial charge on any atom is -0.377 e. The van der Waals surface area contributed by atoms with Crippen molar-refractivity contribution in [1.29, 1.82) is 5.26 Å². The van der Waals surface area contributed by atoms with Crippen LogP contribution in [-0.4, -0.2) is 51.4 Å². The normalized spacial score (nSPS) is 24.7. The zero-order valence-corrected chi connectivity index (χ0v) is 23.7. The third-order valence-electron chi connectivity index (χ3n) is 9.00. The number of amides is 1.